The number of hydrogen-bond acceptors (Lipinski definition) is 9. The number of halogens is 1. The number of nitrogens with zero attached hydrogens (tertiary/aromatic N) is 6. The van der Waals surface area contributed by atoms with Crippen LogP contribution < -0.4 is 4.74 Å². The first-order valence-corrected chi connectivity index (χ1v) is 11.1. The van der Waals surface area contributed by atoms with Gasteiger partial charge in [-0.3, -0.25) is 0 Å². The molecule has 0 radical (unpaired) electrons. The molecule has 12 heteroatoms. The summed E-state index contributed by atoms with van der Waals surface area (Å²) in [6.07, 6.45) is 3.42. The quantitative estimate of drug-likeness (QED) is 0.429. The summed E-state index contributed by atoms with van der Waals surface area (Å²) in [5.41, 5.74) is 0.778. The summed E-state index contributed by atoms with van der Waals surface area (Å²) in [6, 6.07) is 6.91. The molecule has 4 aromatic heterocycles. The zero-order valence-corrected chi connectivity index (χ0v) is 18.6. The maximum absolute atomic E-state index is 13.1. The molecule has 0 bridgehead atoms. The normalized spacial score (nSPS) is 17.6. The Bertz CT molecular complexity index is 1410. The Morgan fingerprint density at radius 3 is 2.50 bits per heavy atom. The number of aromatic nitrogens is 5. The molecule has 0 saturated carbocycles. The van der Waals surface area contributed by atoms with E-state index in [0.717, 1.165) is 5.39 Å². The van der Waals surface area contributed by atoms with E-state index in [0.29, 0.717) is 44.8 Å². The molecule has 11 nitrogen and oxygen atoms in total. The summed E-state index contributed by atoms with van der Waals surface area (Å²) < 4.78 is 18.5. The van der Waals surface area contributed by atoms with Crippen molar-refractivity contribution in [2.24, 2.45) is 0 Å². The number of pyridine rings is 2. The molecule has 0 unspecified atom stereocenters. The van der Waals surface area contributed by atoms with E-state index in [9.17, 15) is 9.90 Å². The Morgan fingerprint density at radius 2 is 1.74 bits per heavy atom. The van der Waals surface area contributed by atoms with Gasteiger partial charge < -0.3 is 24.2 Å². The number of aromatic hydroxyl groups is 1. The molecule has 1 N–H and O–H groups in total. The summed E-state index contributed by atoms with van der Waals surface area (Å²) in [7, 11) is 0. The van der Waals surface area contributed by atoms with Crippen LogP contribution >= 0.6 is 11.6 Å². The van der Waals surface area contributed by atoms with Crippen LogP contribution in [-0.2, 0) is 9.47 Å². The molecule has 1 amide bonds. The average molecular weight is 483 g/mol. The molecule has 4 aromatic rings. The molecule has 174 valence electrons. The summed E-state index contributed by atoms with van der Waals surface area (Å²) in [5.74, 6) is -0.595. The lowest BCUT2D eigenvalue weighted by molar-refractivity contribution is -0.182. The molecule has 2 saturated heterocycles. The molecule has 0 aromatic carbocycles. The standard InChI is InChI=1S/C22H19ClN6O5/c23-14-3-1-13-2-4-15(27-18(13)26-14)29-19(30)16-17(25-8-7-24-16)20(29)34-21(31)28-9-5-22(6-10-28)32-11-12-33-22/h1-4,7-8,30H,5-6,9-12H2. The van der Waals surface area contributed by atoms with Crippen molar-refractivity contribution in [3.63, 3.8) is 0 Å². The second-order valence-corrected chi connectivity index (χ2v) is 8.42. The first-order valence-electron chi connectivity index (χ1n) is 10.8. The lowest BCUT2D eigenvalue weighted by atomic mass is 10.0. The van der Waals surface area contributed by atoms with Gasteiger partial charge in [-0.1, -0.05) is 11.6 Å². The fraction of sp³-hybridized carbons (Fsp3) is 0.318. The van der Waals surface area contributed by atoms with Gasteiger partial charge in [0.15, 0.2) is 22.5 Å². The number of likely N-dealkylation sites (tertiary alicyclic amines) is 1. The molecule has 2 aliphatic rings. The summed E-state index contributed by atoms with van der Waals surface area (Å²) in [4.78, 5) is 31.9. The van der Waals surface area contributed by atoms with E-state index in [2.05, 4.69) is 19.9 Å². The summed E-state index contributed by atoms with van der Waals surface area (Å²) in [5, 5.41) is 12.0. The van der Waals surface area contributed by atoms with Crippen LogP contribution in [0.3, 0.4) is 0 Å². The summed E-state index contributed by atoms with van der Waals surface area (Å²) in [6.45, 7) is 1.93. The zero-order valence-electron chi connectivity index (χ0n) is 17.8. The van der Waals surface area contributed by atoms with Gasteiger partial charge in [-0.2, -0.15) is 0 Å². The number of hydrogen-bond donors (Lipinski definition) is 1. The van der Waals surface area contributed by atoms with Crippen molar-refractivity contribution in [2.75, 3.05) is 26.3 Å². The molecule has 34 heavy (non-hydrogen) atoms. The van der Waals surface area contributed by atoms with Gasteiger partial charge in [0.2, 0.25) is 11.8 Å². The van der Waals surface area contributed by atoms with Gasteiger partial charge in [-0.15, -0.1) is 0 Å². The van der Waals surface area contributed by atoms with Crippen molar-refractivity contribution >= 4 is 39.8 Å². The highest BCUT2D eigenvalue weighted by molar-refractivity contribution is 6.29. The lowest BCUT2D eigenvalue weighted by Gasteiger charge is -2.36. The molecular formula is C22H19ClN6O5. The minimum atomic E-state index is -0.614. The van der Waals surface area contributed by atoms with E-state index >= 15 is 0 Å². The van der Waals surface area contributed by atoms with Crippen LogP contribution in [0.1, 0.15) is 12.8 Å². The van der Waals surface area contributed by atoms with E-state index in [-0.39, 0.29) is 33.8 Å². The Hall–Kier alpha value is -3.54. The number of rotatable bonds is 2. The predicted molar refractivity (Wildman–Crippen MR) is 120 cm³/mol. The molecule has 2 aliphatic heterocycles. The number of ether oxygens (including phenoxy) is 3. The van der Waals surface area contributed by atoms with Crippen LogP contribution in [0, 0.1) is 0 Å². The highest BCUT2D eigenvalue weighted by Crippen LogP contribution is 2.38. The van der Waals surface area contributed by atoms with Gasteiger partial charge in [0.1, 0.15) is 11.0 Å². The summed E-state index contributed by atoms with van der Waals surface area (Å²) >= 11 is 6.02. The zero-order chi connectivity index (χ0) is 23.3. The molecule has 0 aliphatic carbocycles. The Balaban J connectivity index is 1.37. The van der Waals surface area contributed by atoms with Crippen molar-refractivity contribution in [1.29, 1.82) is 0 Å². The minimum absolute atomic E-state index is 0.00753. The second-order valence-electron chi connectivity index (χ2n) is 8.03. The van der Waals surface area contributed by atoms with Crippen LogP contribution in [0.4, 0.5) is 4.79 Å². The van der Waals surface area contributed by atoms with Gasteiger partial charge in [0, 0.05) is 43.7 Å². The number of carbonyl (C=O) groups is 1. The second kappa shape index (κ2) is 8.05. The molecule has 2 fully saturated rings. The first-order chi connectivity index (χ1) is 16.5. The third-order valence-electron chi connectivity index (χ3n) is 6.04. The topological polar surface area (TPSA) is 125 Å². The number of carbonyl (C=O) groups excluding carboxylic acids is 1. The number of piperidine rings is 1. The molecular weight excluding hydrogens is 464 g/mol. The van der Waals surface area contributed by atoms with Crippen molar-refractivity contribution in [3.05, 3.63) is 41.8 Å². The number of amides is 1. The SMILES string of the molecule is O=C(Oc1c2nccnc2c(O)n1-c1ccc2ccc(Cl)nc2n1)N1CCC2(CC1)OCCO2. The van der Waals surface area contributed by atoms with Gasteiger partial charge in [-0.25, -0.2) is 29.3 Å². The highest BCUT2D eigenvalue weighted by Gasteiger charge is 2.41. The molecule has 6 rings (SSSR count). The number of fused-ring (bicyclic) bond motifs is 2. The highest BCUT2D eigenvalue weighted by atomic mass is 35.5. The van der Waals surface area contributed by atoms with Crippen molar-refractivity contribution < 1.29 is 24.1 Å². The van der Waals surface area contributed by atoms with Gasteiger partial charge in [0.05, 0.1) is 13.2 Å². The minimum Gasteiger partial charge on any atom is -0.493 e. The fourth-order valence-corrected chi connectivity index (χ4v) is 4.47. The van der Waals surface area contributed by atoms with Crippen molar-refractivity contribution in [3.8, 4) is 17.6 Å². The third kappa shape index (κ3) is 3.49. The Kier molecular flexibility index (Phi) is 4.97. The van der Waals surface area contributed by atoms with E-state index in [1.165, 1.54) is 17.0 Å². The Labute approximate surface area is 197 Å². The van der Waals surface area contributed by atoms with E-state index in [1.807, 2.05) is 0 Å². The van der Waals surface area contributed by atoms with Crippen molar-refractivity contribution in [1.82, 2.24) is 29.4 Å². The molecule has 1 spiro atoms. The van der Waals surface area contributed by atoms with Crippen molar-refractivity contribution in [2.45, 2.75) is 18.6 Å². The van der Waals surface area contributed by atoms with E-state index in [1.54, 1.807) is 29.2 Å². The van der Waals surface area contributed by atoms with Crippen LogP contribution in [0.25, 0.3) is 27.9 Å². The van der Waals surface area contributed by atoms with Gasteiger partial charge in [-0.05, 0) is 24.3 Å². The average Bonchev–Trinajstić information content (AvgIpc) is 3.42. The Morgan fingerprint density at radius 1 is 1.03 bits per heavy atom. The monoisotopic (exact) mass is 482 g/mol. The van der Waals surface area contributed by atoms with Crippen LogP contribution in [0.2, 0.25) is 5.15 Å². The fourth-order valence-electron chi connectivity index (χ4n) is 4.33. The van der Waals surface area contributed by atoms with Crippen LogP contribution in [0.15, 0.2) is 36.7 Å². The van der Waals surface area contributed by atoms with Gasteiger partial charge in [0.25, 0.3) is 0 Å². The predicted octanol–water partition coefficient (Wildman–Crippen LogP) is 3.06. The maximum Gasteiger partial charge on any atom is 0.416 e. The first kappa shape index (κ1) is 21.0. The van der Waals surface area contributed by atoms with Gasteiger partial charge >= 0.3 is 6.09 Å². The van der Waals surface area contributed by atoms with Crippen LogP contribution in [0.5, 0.6) is 11.8 Å². The smallest absolute Gasteiger partial charge is 0.416 e. The van der Waals surface area contributed by atoms with E-state index < -0.39 is 11.9 Å². The molecule has 0 atom stereocenters. The maximum atomic E-state index is 13.1. The lowest BCUT2D eigenvalue weighted by Crippen LogP contribution is -2.48. The largest absolute Gasteiger partial charge is 0.493 e. The van der Waals surface area contributed by atoms with Crippen LogP contribution in [-0.4, -0.2) is 72.7 Å². The van der Waals surface area contributed by atoms with E-state index in [4.69, 9.17) is 25.8 Å². The molecule has 6 heterocycles. The third-order valence-corrected chi connectivity index (χ3v) is 6.25.